The lowest BCUT2D eigenvalue weighted by molar-refractivity contribution is -0.156. The van der Waals surface area contributed by atoms with E-state index in [1.165, 1.54) is 18.2 Å². The molecule has 2 heterocycles. The lowest BCUT2D eigenvalue weighted by atomic mass is 10.0. The van der Waals surface area contributed by atoms with Crippen LogP contribution in [0.2, 0.25) is 0 Å². The summed E-state index contributed by atoms with van der Waals surface area (Å²) in [7, 11) is -3.44. The van der Waals surface area contributed by atoms with Crippen molar-refractivity contribution in [1.29, 1.82) is 0 Å². The summed E-state index contributed by atoms with van der Waals surface area (Å²) in [6.45, 7) is 3.95. The molecular formula is C26H27FN2O5S. The predicted octanol–water partition coefficient (Wildman–Crippen LogP) is 4.42. The molecular weight excluding hydrogens is 471 g/mol. The third-order valence-electron chi connectivity index (χ3n) is 5.75. The number of nitrogens with zero attached hydrogens (tertiary/aromatic N) is 2. The molecule has 35 heavy (non-hydrogen) atoms. The molecule has 0 amide bonds. The van der Waals surface area contributed by atoms with Crippen LogP contribution in [0.3, 0.4) is 0 Å². The number of carbonyl (C=O) groups excluding carboxylic acids is 1. The van der Waals surface area contributed by atoms with E-state index in [1.807, 2.05) is 18.4 Å². The summed E-state index contributed by atoms with van der Waals surface area (Å²) in [4.78, 5) is 16.8. The number of sulfone groups is 1. The fraction of sp³-hybridized carbons (Fsp3) is 0.308. The monoisotopic (exact) mass is 498 g/mol. The Morgan fingerprint density at radius 3 is 2.51 bits per heavy atom. The van der Waals surface area contributed by atoms with Crippen LogP contribution in [0.1, 0.15) is 38.4 Å². The fourth-order valence-electron chi connectivity index (χ4n) is 4.08. The molecule has 0 radical (unpaired) electrons. The van der Waals surface area contributed by atoms with Crippen molar-refractivity contribution in [2.45, 2.75) is 49.7 Å². The van der Waals surface area contributed by atoms with E-state index in [2.05, 4.69) is 0 Å². The van der Waals surface area contributed by atoms with Gasteiger partial charge in [-0.3, -0.25) is 4.79 Å². The number of carbonyl (C=O) groups is 1. The van der Waals surface area contributed by atoms with E-state index in [0.29, 0.717) is 28.3 Å². The molecule has 9 heteroatoms. The van der Waals surface area contributed by atoms with Crippen molar-refractivity contribution in [3.05, 3.63) is 66.2 Å². The predicted molar refractivity (Wildman–Crippen MR) is 131 cm³/mol. The van der Waals surface area contributed by atoms with Gasteiger partial charge in [-0.25, -0.2) is 17.8 Å². The Hall–Kier alpha value is -3.30. The number of hydrogen-bond donors (Lipinski definition) is 1. The van der Waals surface area contributed by atoms with Gasteiger partial charge in [-0.05, 0) is 42.5 Å². The third kappa shape index (κ3) is 5.52. The largest absolute Gasteiger partial charge is 0.458 e. The highest BCUT2D eigenvalue weighted by Crippen LogP contribution is 2.36. The first kappa shape index (κ1) is 24.8. The molecule has 0 saturated carbocycles. The molecule has 2 atom stereocenters. The van der Waals surface area contributed by atoms with Crippen molar-refractivity contribution in [1.82, 2.24) is 9.55 Å². The van der Waals surface area contributed by atoms with Crippen molar-refractivity contribution in [3.8, 4) is 22.5 Å². The number of halogens is 1. The molecule has 184 valence electrons. The summed E-state index contributed by atoms with van der Waals surface area (Å²) in [5.41, 5.74) is 2.45. The van der Waals surface area contributed by atoms with Crippen LogP contribution in [0, 0.1) is 5.82 Å². The van der Waals surface area contributed by atoms with Gasteiger partial charge in [0.25, 0.3) is 0 Å². The number of aliphatic hydroxyl groups excluding tert-OH is 1. The number of ether oxygens (including phenoxy) is 1. The number of aliphatic hydroxyl groups is 1. The minimum atomic E-state index is -3.44. The van der Waals surface area contributed by atoms with Gasteiger partial charge < -0.3 is 14.4 Å². The second kappa shape index (κ2) is 9.75. The first-order valence-corrected chi connectivity index (χ1v) is 13.2. The maximum absolute atomic E-state index is 13.7. The van der Waals surface area contributed by atoms with Gasteiger partial charge in [-0.15, -0.1) is 0 Å². The van der Waals surface area contributed by atoms with Crippen LogP contribution in [-0.4, -0.2) is 47.5 Å². The minimum Gasteiger partial charge on any atom is -0.458 e. The molecule has 3 aromatic rings. The molecule has 4 rings (SSSR count). The SMILES string of the molecule is CC(C)c1nc(-c2cccc(S(C)(=O)=O)c2)c(-c2ccc(F)cc2)n1C=C[C@@H]1C[C@@H](O)CC(=O)O1. The Kier molecular flexibility index (Phi) is 6.91. The van der Waals surface area contributed by atoms with Crippen LogP contribution >= 0.6 is 0 Å². The van der Waals surface area contributed by atoms with Crippen molar-refractivity contribution < 1.29 is 27.4 Å². The average Bonchev–Trinajstić information content (AvgIpc) is 3.17. The van der Waals surface area contributed by atoms with Crippen LogP contribution in [0.25, 0.3) is 28.7 Å². The van der Waals surface area contributed by atoms with Gasteiger partial charge in [-0.2, -0.15) is 0 Å². The van der Waals surface area contributed by atoms with Crippen LogP contribution in [0.5, 0.6) is 0 Å². The molecule has 1 aliphatic rings. The van der Waals surface area contributed by atoms with Crippen molar-refractivity contribution >= 4 is 22.0 Å². The third-order valence-corrected chi connectivity index (χ3v) is 6.86. The molecule has 0 spiro atoms. The first-order chi connectivity index (χ1) is 16.5. The number of hydrogen-bond acceptors (Lipinski definition) is 6. The molecule has 1 aromatic heterocycles. The molecule has 1 fully saturated rings. The zero-order valence-electron chi connectivity index (χ0n) is 19.7. The highest BCUT2D eigenvalue weighted by atomic mass is 32.2. The fourth-order valence-corrected chi connectivity index (χ4v) is 4.74. The standard InChI is InChI=1S/C26H27FN2O5S/c1-16(2)26-28-24(18-5-4-6-22(13-18)35(3,32)33)25(17-7-9-19(27)10-8-17)29(26)12-11-21-14-20(30)15-23(31)34-21/h4-13,16,20-21,30H,14-15H2,1-3H3/t20-,21-/m1/s1. The van der Waals surface area contributed by atoms with Crippen LogP contribution < -0.4 is 0 Å². The molecule has 0 aliphatic carbocycles. The zero-order valence-corrected chi connectivity index (χ0v) is 20.5. The molecule has 1 aliphatic heterocycles. The summed E-state index contributed by atoms with van der Waals surface area (Å²) in [5, 5.41) is 9.95. The summed E-state index contributed by atoms with van der Waals surface area (Å²) in [5.74, 6) is -0.193. The van der Waals surface area contributed by atoms with Gasteiger partial charge in [0.1, 0.15) is 17.7 Å². The lowest BCUT2D eigenvalue weighted by Gasteiger charge is -2.23. The smallest absolute Gasteiger partial charge is 0.309 e. The highest BCUT2D eigenvalue weighted by Gasteiger charge is 2.26. The summed E-state index contributed by atoms with van der Waals surface area (Å²) >= 11 is 0. The Morgan fingerprint density at radius 2 is 1.89 bits per heavy atom. The van der Waals surface area contributed by atoms with Gasteiger partial charge in [0, 0.05) is 35.9 Å². The maximum Gasteiger partial charge on any atom is 0.309 e. The first-order valence-electron chi connectivity index (χ1n) is 11.3. The molecule has 7 nitrogen and oxygen atoms in total. The topological polar surface area (TPSA) is 98.5 Å². The van der Waals surface area contributed by atoms with Crippen molar-refractivity contribution in [2.75, 3.05) is 6.26 Å². The normalized spacial score (nSPS) is 18.9. The molecule has 1 saturated heterocycles. The van der Waals surface area contributed by atoms with Crippen molar-refractivity contribution in [2.24, 2.45) is 0 Å². The van der Waals surface area contributed by atoms with E-state index in [-0.39, 0.29) is 29.5 Å². The number of cyclic esters (lactones) is 1. The molecule has 0 bridgehead atoms. The van der Waals surface area contributed by atoms with Gasteiger partial charge in [0.2, 0.25) is 0 Å². The maximum atomic E-state index is 13.7. The summed E-state index contributed by atoms with van der Waals surface area (Å²) < 4.78 is 45.3. The Balaban J connectivity index is 1.91. The second-order valence-electron chi connectivity index (χ2n) is 8.96. The zero-order chi connectivity index (χ0) is 25.3. The van der Waals surface area contributed by atoms with Crippen LogP contribution in [0.15, 0.2) is 59.5 Å². The van der Waals surface area contributed by atoms with E-state index in [9.17, 15) is 22.7 Å². The number of benzene rings is 2. The number of imidazole rings is 1. The van der Waals surface area contributed by atoms with Crippen LogP contribution in [-0.2, 0) is 19.4 Å². The summed E-state index contributed by atoms with van der Waals surface area (Å²) in [6, 6.07) is 12.5. The number of aromatic nitrogens is 2. The lowest BCUT2D eigenvalue weighted by Crippen LogP contribution is -2.31. The molecule has 2 aromatic carbocycles. The average molecular weight is 499 g/mol. The molecule has 1 N–H and O–H groups in total. The van der Waals surface area contributed by atoms with E-state index >= 15 is 0 Å². The summed E-state index contributed by atoms with van der Waals surface area (Å²) in [6.07, 6.45) is 3.44. The van der Waals surface area contributed by atoms with Crippen molar-refractivity contribution in [3.63, 3.8) is 0 Å². The number of esters is 1. The highest BCUT2D eigenvalue weighted by molar-refractivity contribution is 7.90. The number of rotatable bonds is 6. The Labute approximate surface area is 203 Å². The minimum absolute atomic E-state index is 0.0230. The van der Waals surface area contributed by atoms with E-state index in [4.69, 9.17) is 9.72 Å². The quantitative estimate of drug-likeness (QED) is 0.505. The van der Waals surface area contributed by atoms with Gasteiger partial charge in [0.15, 0.2) is 9.84 Å². The van der Waals surface area contributed by atoms with E-state index < -0.39 is 28.0 Å². The Bertz CT molecular complexity index is 1380. The van der Waals surface area contributed by atoms with Gasteiger partial charge in [0.05, 0.1) is 28.8 Å². The van der Waals surface area contributed by atoms with Crippen LogP contribution in [0.4, 0.5) is 4.39 Å². The van der Waals surface area contributed by atoms with Gasteiger partial charge >= 0.3 is 5.97 Å². The Morgan fingerprint density at radius 1 is 1.17 bits per heavy atom. The van der Waals surface area contributed by atoms with E-state index in [0.717, 1.165) is 6.26 Å². The van der Waals surface area contributed by atoms with E-state index in [1.54, 1.807) is 42.6 Å². The second-order valence-corrected chi connectivity index (χ2v) is 11.0. The molecule has 0 unspecified atom stereocenters. The van der Waals surface area contributed by atoms with Gasteiger partial charge in [-0.1, -0.05) is 26.0 Å².